The van der Waals surface area contributed by atoms with Crippen molar-refractivity contribution in [2.45, 2.75) is 13.0 Å². The van der Waals surface area contributed by atoms with E-state index in [0.29, 0.717) is 25.1 Å². The molecule has 4 rings (SSSR count). The van der Waals surface area contributed by atoms with Crippen LogP contribution in [0.25, 0.3) is 11.0 Å². The highest BCUT2D eigenvalue weighted by Crippen LogP contribution is 2.24. The zero-order valence-electron chi connectivity index (χ0n) is 12.4. The summed E-state index contributed by atoms with van der Waals surface area (Å²) >= 11 is 0. The maximum atomic E-state index is 12.6. The number of pyridine rings is 2. The maximum Gasteiger partial charge on any atom is 0.257 e. The van der Waals surface area contributed by atoms with E-state index in [1.54, 1.807) is 29.3 Å². The lowest BCUT2D eigenvalue weighted by molar-refractivity contribution is 0.0730. The molecule has 0 unspecified atom stereocenters. The highest BCUT2D eigenvalue weighted by atomic mass is 16.3. The molecule has 1 aromatic carbocycles. The van der Waals surface area contributed by atoms with Gasteiger partial charge in [0.2, 0.25) is 0 Å². The second-order valence-electron chi connectivity index (χ2n) is 5.64. The molecular formula is C18H15N3O2. The highest BCUT2D eigenvalue weighted by molar-refractivity contribution is 5.97. The van der Waals surface area contributed by atoms with Gasteiger partial charge in [0.05, 0.1) is 5.56 Å². The molecule has 2 aromatic heterocycles. The van der Waals surface area contributed by atoms with Gasteiger partial charge in [0.15, 0.2) is 5.65 Å². The van der Waals surface area contributed by atoms with Crippen molar-refractivity contribution < 1.29 is 9.90 Å². The second-order valence-corrected chi connectivity index (χ2v) is 5.64. The van der Waals surface area contributed by atoms with Gasteiger partial charge in [-0.05, 0) is 35.9 Å². The number of aromatic hydroxyl groups is 1. The Morgan fingerprint density at radius 3 is 2.91 bits per heavy atom. The number of carbonyl (C=O) groups is 1. The van der Waals surface area contributed by atoms with E-state index in [2.05, 4.69) is 16.0 Å². The van der Waals surface area contributed by atoms with Crippen LogP contribution in [-0.4, -0.2) is 32.4 Å². The number of fused-ring (bicyclic) bond motifs is 2. The van der Waals surface area contributed by atoms with Crippen LogP contribution in [-0.2, 0) is 13.0 Å². The van der Waals surface area contributed by atoms with Gasteiger partial charge in [-0.3, -0.25) is 4.79 Å². The molecule has 0 bridgehead atoms. The van der Waals surface area contributed by atoms with E-state index in [1.807, 2.05) is 12.1 Å². The maximum absolute atomic E-state index is 12.6. The Bertz CT molecular complexity index is 908. The van der Waals surface area contributed by atoms with Crippen molar-refractivity contribution in [1.82, 2.24) is 14.9 Å². The van der Waals surface area contributed by atoms with Crippen molar-refractivity contribution in [1.29, 1.82) is 0 Å². The molecule has 0 radical (unpaired) electrons. The molecule has 1 aliphatic heterocycles. The van der Waals surface area contributed by atoms with Gasteiger partial charge in [-0.25, -0.2) is 9.97 Å². The third-order valence-electron chi connectivity index (χ3n) is 4.16. The lowest BCUT2D eigenvalue weighted by Gasteiger charge is -2.28. The average Bonchev–Trinajstić information content (AvgIpc) is 2.59. The molecule has 3 aromatic rings. The second kappa shape index (κ2) is 5.35. The third-order valence-corrected chi connectivity index (χ3v) is 4.16. The van der Waals surface area contributed by atoms with E-state index in [-0.39, 0.29) is 11.7 Å². The van der Waals surface area contributed by atoms with Crippen LogP contribution in [0.2, 0.25) is 0 Å². The number of rotatable bonds is 1. The topological polar surface area (TPSA) is 66.3 Å². The summed E-state index contributed by atoms with van der Waals surface area (Å²) in [7, 11) is 0. The first-order valence-electron chi connectivity index (χ1n) is 7.53. The smallest absolute Gasteiger partial charge is 0.257 e. The molecule has 1 amide bonds. The molecule has 0 saturated carbocycles. The fraction of sp³-hybridized carbons (Fsp3) is 0.167. The minimum Gasteiger partial charge on any atom is -0.507 e. The van der Waals surface area contributed by atoms with Crippen LogP contribution in [0.3, 0.4) is 0 Å². The van der Waals surface area contributed by atoms with Gasteiger partial charge >= 0.3 is 0 Å². The summed E-state index contributed by atoms with van der Waals surface area (Å²) < 4.78 is 0. The number of phenols is 1. The lowest BCUT2D eigenvalue weighted by Crippen LogP contribution is -2.36. The van der Waals surface area contributed by atoms with Crippen molar-refractivity contribution >= 4 is 16.9 Å². The first kappa shape index (κ1) is 13.7. The zero-order valence-corrected chi connectivity index (χ0v) is 12.4. The molecule has 114 valence electrons. The molecule has 23 heavy (non-hydrogen) atoms. The van der Waals surface area contributed by atoms with E-state index in [9.17, 15) is 9.90 Å². The number of nitrogens with zero attached hydrogens (tertiary/aromatic N) is 3. The van der Waals surface area contributed by atoms with E-state index >= 15 is 0 Å². The van der Waals surface area contributed by atoms with Crippen molar-refractivity contribution in [2.24, 2.45) is 0 Å². The van der Waals surface area contributed by atoms with Crippen LogP contribution in [0.4, 0.5) is 0 Å². The van der Waals surface area contributed by atoms with Gasteiger partial charge < -0.3 is 10.0 Å². The van der Waals surface area contributed by atoms with E-state index in [4.69, 9.17) is 0 Å². The lowest BCUT2D eigenvalue weighted by atomic mass is 10.0. The van der Waals surface area contributed by atoms with Crippen molar-refractivity contribution in [2.75, 3.05) is 6.54 Å². The number of aromatic nitrogens is 2. The van der Waals surface area contributed by atoms with Crippen LogP contribution in [0.15, 0.2) is 48.7 Å². The first-order chi connectivity index (χ1) is 11.2. The predicted octanol–water partition coefficient (Wildman–Crippen LogP) is 2.53. The molecule has 5 nitrogen and oxygen atoms in total. The van der Waals surface area contributed by atoms with Crippen LogP contribution in [0, 0.1) is 0 Å². The van der Waals surface area contributed by atoms with Gasteiger partial charge in [0.1, 0.15) is 5.75 Å². The quantitative estimate of drug-likeness (QED) is 0.750. The van der Waals surface area contributed by atoms with Gasteiger partial charge in [-0.2, -0.15) is 0 Å². The summed E-state index contributed by atoms with van der Waals surface area (Å²) in [5.74, 6) is -0.135. The van der Waals surface area contributed by atoms with Crippen molar-refractivity contribution in [3.05, 3.63) is 65.5 Å². The number of hydrogen-bond acceptors (Lipinski definition) is 4. The molecule has 3 heterocycles. The van der Waals surface area contributed by atoms with Crippen molar-refractivity contribution in [3.63, 3.8) is 0 Å². The molecule has 0 aliphatic carbocycles. The van der Waals surface area contributed by atoms with Crippen LogP contribution in [0.5, 0.6) is 5.75 Å². The molecule has 1 N–H and O–H groups in total. The summed E-state index contributed by atoms with van der Waals surface area (Å²) in [6, 6.07) is 12.5. The first-order valence-corrected chi connectivity index (χ1v) is 7.53. The standard InChI is InChI=1S/C18H15N3O2/c22-16-6-2-1-5-14(16)18(23)21-9-7-15-13(11-21)10-12-4-3-8-19-17(12)20-15/h1-6,8,10,22H,7,9,11H2. The fourth-order valence-electron chi connectivity index (χ4n) is 2.96. The Balaban J connectivity index is 1.67. The number of amides is 1. The minimum absolute atomic E-state index is 0.0177. The Morgan fingerprint density at radius 1 is 1.17 bits per heavy atom. The normalized spacial score (nSPS) is 13.8. The monoisotopic (exact) mass is 305 g/mol. The number of benzene rings is 1. The van der Waals surface area contributed by atoms with Crippen LogP contribution >= 0.6 is 0 Å². The molecule has 0 saturated heterocycles. The number of hydrogen-bond donors (Lipinski definition) is 1. The van der Waals surface area contributed by atoms with Crippen LogP contribution in [0.1, 0.15) is 21.6 Å². The van der Waals surface area contributed by atoms with Gasteiger partial charge in [0, 0.05) is 36.8 Å². The molecular weight excluding hydrogens is 290 g/mol. The van der Waals surface area contributed by atoms with Gasteiger partial charge in [-0.1, -0.05) is 12.1 Å². The Hall–Kier alpha value is -2.95. The number of phenolic OH excluding ortho intramolecular Hbond substituents is 1. The van der Waals surface area contributed by atoms with E-state index < -0.39 is 0 Å². The molecule has 0 spiro atoms. The molecule has 0 fully saturated rings. The van der Waals surface area contributed by atoms with Gasteiger partial charge in [-0.15, -0.1) is 0 Å². The minimum atomic E-state index is -0.153. The molecule has 1 aliphatic rings. The molecule has 5 heteroatoms. The Kier molecular flexibility index (Phi) is 3.19. The summed E-state index contributed by atoms with van der Waals surface area (Å²) in [6.07, 6.45) is 2.43. The van der Waals surface area contributed by atoms with E-state index in [1.165, 1.54) is 6.07 Å². The Labute approximate surface area is 133 Å². The largest absolute Gasteiger partial charge is 0.507 e. The summed E-state index contributed by atoms with van der Waals surface area (Å²) in [6.45, 7) is 1.09. The SMILES string of the molecule is O=C(c1ccccc1O)N1CCc2nc3ncccc3cc2C1. The third kappa shape index (κ3) is 2.40. The van der Waals surface area contributed by atoms with Gasteiger partial charge in [0.25, 0.3) is 5.91 Å². The summed E-state index contributed by atoms with van der Waals surface area (Å²) in [5, 5.41) is 10.9. The fourth-order valence-corrected chi connectivity index (χ4v) is 2.96. The summed E-state index contributed by atoms with van der Waals surface area (Å²) in [4.78, 5) is 23.3. The number of carbonyl (C=O) groups excluding carboxylic acids is 1. The summed E-state index contributed by atoms with van der Waals surface area (Å²) in [5.41, 5.74) is 3.12. The number of para-hydroxylation sites is 1. The molecule has 0 atom stereocenters. The zero-order chi connectivity index (χ0) is 15.8. The average molecular weight is 305 g/mol. The van der Waals surface area contributed by atoms with Crippen LogP contribution < -0.4 is 0 Å². The van der Waals surface area contributed by atoms with E-state index in [0.717, 1.165) is 22.3 Å². The Morgan fingerprint density at radius 2 is 2.04 bits per heavy atom. The highest BCUT2D eigenvalue weighted by Gasteiger charge is 2.24. The predicted molar refractivity (Wildman–Crippen MR) is 86.1 cm³/mol. The van der Waals surface area contributed by atoms with Crippen molar-refractivity contribution in [3.8, 4) is 5.75 Å².